The lowest BCUT2D eigenvalue weighted by Crippen LogP contribution is -2.44. The van der Waals surface area contributed by atoms with Crippen LogP contribution in [0.3, 0.4) is 0 Å². The van der Waals surface area contributed by atoms with Crippen molar-refractivity contribution in [2.24, 2.45) is 0 Å². The predicted octanol–water partition coefficient (Wildman–Crippen LogP) is 2.35. The Morgan fingerprint density at radius 3 is 2.73 bits per heavy atom. The monoisotopic (exact) mass is 203 g/mol. The maximum Gasteiger partial charge on any atom is 0.119 e. The highest BCUT2D eigenvalue weighted by Crippen LogP contribution is 2.42. The van der Waals surface area contributed by atoms with Crippen LogP contribution in [-0.4, -0.2) is 18.2 Å². The maximum atomic E-state index is 5.99. The van der Waals surface area contributed by atoms with E-state index in [-0.39, 0.29) is 0 Å². The lowest BCUT2D eigenvalue weighted by atomic mass is 10.00. The van der Waals surface area contributed by atoms with Gasteiger partial charge >= 0.3 is 0 Å². The predicted molar refractivity (Wildman–Crippen MR) is 60.1 cm³/mol. The van der Waals surface area contributed by atoms with Crippen molar-refractivity contribution < 1.29 is 4.74 Å². The van der Waals surface area contributed by atoms with Crippen LogP contribution in [0.4, 0.5) is 0 Å². The zero-order chi connectivity index (χ0) is 10.1. The molecule has 2 aliphatic rings. The van der Waals surface area contributed by atoms with Gasteiger partial charge in [-0.25, -0.2) is 0 Å². The van der Waals surface area contributed by atoms with Crippen LogP contribution in [-0.2, 0) is 0 Å². The normalized spacial score (nSPS) is 27.6. The number of piperidine rings is 1. The van der Waals surface area contributed by atoms with Gasteiger partial charge in [-0.1, -0.05) is 18.2 Å². The minimum absolute atomic E-state index is 0.413. The Kier molecular flexibility index (Phi) is 2.17. The first-order chi connectivity index (χ1) is 7.36. The van der Waals surface area contributed by atoms with E-state index in [0.717, 1.165) is 18.7 Å². The molecule has 15 heavy (non-hydrogen) atoms. The molecule has 3 rings (SSSR count). The molecule has 2 fully saturated rings. The van der Waals surface area contributed by atoms with Crippen LogP contribution in [0.25, 0.3) is 0 Å². The highest BCUT2D eigenvalue weighted by molar-refractivity contribution is 5.21. The van der Waals surface area contributed by atoms with Gasteiger partial charge in [-0.2, -0.15) is 0 Å². The summed E-state index contributed by atoms with van der Waals surface area (Å²) >= 11 is 0. The molecule has 1 saturated heterocycles. The fourth-order valence-electron chi connectivity index (χ4n) is 2.43. The summed E-state index contributed by atoms with van der Waals surface area (Å²) in [6.45, 7) is 1.11. The second kappa shape index (κ2) is 3.53. The second-order valence-electron chi connectivity index (χ2n) is 4.75. The van der Waals surface area contributed by atoms with Gasteiger partial charge in [0.05, 0.1) is 0 Å². The Morgan fingerprint density at radius 1 is 1.20 bits per heavy atom. The highest BCUT2D eigenvalue weighted by Gasteiger charge is 2.46. The van der Waals surface area contributed by atoms with Gasteiger partial charge < -0.3 is 10.1 Å². The van der Waals surface area contributed by atoms with E-state index >= 15 is 0 Å². The van der Waals surface area contributed by atoms with E-state index in [0.29, 0.717) is 11.6 Å². The van der Waals surface area contributed by atoms with Crippen molar-refractivity contribution in [3.63, 3.8) is 0 Å². The summed E-state index contributed by atoms with van der Waals surface area (Å²) in [5.41, 5.74) is 0.456. The van der Waals surface area contributed by atoms with Crippen LogP contribution in [0.5, 0.6) is 5.75 Å². The van der Waals surface area contributed by atoms with Crippen molar-refractivity contribution >= 4 is 0 Å². The van der Waals surface area contributed by atoms with Gasteiger partial charge in [-0.15, -0.1) is 0 Å². The summed E-state index contributed by atoms with van der Waals surface area (Å²) in [5, 5.41) is 3.61. The molecule has 0 bridgehead atoms. The smallest absolute Gasteiger partial charge is 0.119 e. The van der Waals surface area contributed by atoms with Gasteiger partial charge in [-0.3, -0.25) is 0 Å². The first kappa shape index (κ1) is 9.22. The summed E-state index contributed by atoms with van der Waals surface area (Å²) in [7, 11) is 0. The minimum atomic E-state index is 0.413. The Labute approximate surface area is 90.6 Å². The molecule has 1 aliphatic heterocycles. The lowest BCUT2D eigenvalue weighted by Gasteiger charge is -2.30. The Hall–Kier alpha value is -1.02. The Balaban J connectivity index is 1.63. The fraction of sp³-hybridized carbons (Fsp3) is 0.538. The molecule has 2 nitrogen and oxygen atoms in total. The minimum Gasteiger partial charge on any atom is -0.490 e. The summed E-state index contributed by atoms with van der Waals surface area (Å²) in [5.74, 6) is 1.01. The first-order valence-electron chi connectivity index (χ1n) is 5.83. The molecule has 1 unspecified atom stereocenters. The van der Waals surface area contributed by atoms with E-state index in [1.807, 2.05) is 30.3 Å². The quantitative estimate of drug-likeness (QED) is 0.796. The van der Waals surface area contributed by atoms with Crippen molar-refractivity contribution in [2.75, 3.05) is 6.54 Å². The standard InChI is InChI=1S/C13H17NO/c1-2-4-11(5-3-1)15-12-6-9-14-13(10-12)7-8-13/h1-5,12,14H,6-10H2. The molecule has 1 aromatic rings. The molecule has 0 aromatic heterocycles. The molecule has 1 saturated carbocycles. The molecule has 1 heterocycles. The molecule has 1 aromatic carbocycles. The molecular formula is C13H17NO. The van der Waals surface area contributed by atoms with Gasteiger partial charge in [0.1, 0.15) is 11.9 Å². The Bertz CT molecular complexity index is 332. The SMILES string of the molecule is c1ccc(OC2CCNC3(CC3)C2)cc1. The highest BCUT2D eigenvalue weighted by atomic mass is 16.5. The number of nitrogens with one attached hydrogen (secondary N) is 1. The summed E-state index contributed by atoms with van der Waals surface area (Å²) in [4.78, 5) is 0. The number of hydrogen-bond donors (Lipinski definition) is 1. The van der Waals surface area contributed by atoms with Crippen molar-refractivity contribution in [2.45, 2.75) is 37.3 Å². The van der Waals surface area contributed by atoms with E-state index in [1.54, 1.807) is 0 Å². The molecule has 1 aliphatic carbocycles. The van der Waals surface area contributed by atoms with Crippen molar-refractivity contribution in [1.29, 1.82) is 0 Å². The topological polar surface area (TPSA) is 21.3 Å². The van der Waals surface area contributed by atoms with E-state index in [2.05, 4.69) is 5.32 Å². The molecular weight excluding hydrogens is 186 g/mol. The van der Waals surface area contributed by atoms with Gasteiger partial charge in [0.15, 0.2) is 0 Å². The number of hydrogen-bond acceptors (Lipinski definition) is 2. The maximum absolute atomic E-state index is 5.99. The third-order valence-electron chi connectivity index (χ3n) is 3.48. The first-order valence-corrected chi connectivity index (χ1v) is 5.83. The molecule has 1 atom stereocenters. The van der Waals surface area contributed by atoms with Crippen LogP contribution >= 0.6 is 0 Å². The van der Waals surface area contributed by atoms with Gasteiger partial charge in [0.25, 0.3) is 0 Å². The van der Waals surface area contributed by atoms with Gasteiger partial charge in [0.2, 0.25) is 0 Å². The van der Waals surface area contributed by atoms with Gasteiger partial charge in [0, 0.05) is 12.0 Å². The molecule has 2 heteroatoms. The van der Waals surface area contributed by atoms with Crippen LogP contribution in [0.15, 0.2) is 30.3 Å². The average molecular weight is 203 g/mol. The third kappa shape index (κ3) is 2.00. The molecule has 0 amide bonds. The zero-order valence-electron chi connectivity index (χ0n) is 8.91. The summed E-state index contributed by atoms with van der Waals surface area (Å²) in [6, 6.07) is 10.2. The average Bonchev–Trinajstić information content (AvgIpc) is 2.99. The lowest BCUT2D eigenvalue weighted by molar-refractivity contribution is 0.133. The van der Waals surface area contributed by atoms with Crippen molar-refractivity contribution in [3.05, 3.63) is 30.3 Å². The zero-order valence-corrected chi connectivity index (χ0v) is 8.91. The van der Waals surface area contributed by atoms with Crippen molar-refractivity contribution in [1.82, 2.24) is 5.32 Å². The van der Waals surface area contributed by atoms with E-state index in [1.165, 1.54) is 19.3 Å². The van der Waals surface area contributed by atoms with E-state index < -0.39 is 0 Å². The molecule has 0 radical (unpaired) electrons. The Morgan fingerprint density at radius 2 is 2.00 bits per heavy atom. The summed E-state index contributed by atoms with van der Waals surface area (Å²) < 4.78 is 5.99. The van der Waals surface area contributed by atoms with Crippen LogP contribution in [0.1, 0.15) is 25.7 Å². The van der Waals surface area contributed by atoms with E-state index in [4.69, 9.17) is 4.74 Å². The van der Waals surface area contributed by atoms with Crippen LogP contribution in [0.2, 0.25) is 0 Å². The fourth-order valence-corrected chi connectivity index (χ4v) is 2.43. The molecule has 1 N–H and O–H groups in total. The molecule has 80 valence electrons. The number of para-hydroxylation sites is 1. The van der Waals surface area contributed by atoms with Crippen LogP contribution < -0.4 is 10.1 Å². The van der Waals surface area contributed by atoms with Crippen molar-refractivity contribution in [3.8, 4) is 5.75 Å². The largest absolute Gasteiger partial charge is 0.490 e. The van der Waals surface area contributed by atoms with Gasteiger partial charge in [-0.05, 0) is 37.9 Å². The van der Waals surface area contributed by atoms with E-state index in [9.17, 15) is 0 Å². The van der Waals surface area contributed by atoms with Crippen LogP contribution in [0, 0.1) is 0 Å². The third-order valence-corrected chi connectivity index (χ3v) is 3.48. The number of ether oxygens (including phenoxy) is 1. The number of rotatable bonds is 2. The summed E-state index contributed by atoms with van der Waals surface area (Å²) in [6.07, 6.45) is 5.40. The number of benzene rings is 1. The second-order valence-corrected chi connectivity index (χ2v) is 4.75. The molecule has 1 spiro atoms.